The molecule has 0 fully saturated rings. The van der Waals surface area contributed by atoms with Crippen LogP contribution < -0.4 is 4.65 Å². The minimum absolute atomic E-state index is 0.0138. The molecule has 8 heteroatoms. The van der Waals surface area contributed by atoms with Crippen LogP contribution in [0.1, 0.15) is 20.7 Å². The lowest BCUT2D eigenvalue weighted by atomic mass is 10.1. The number of hydrogen-bond donors (Lipinski definition) is 2. The van der Waals surface area contributed by atoms with E-state index < -0.39 is 37.2 Å². The van der Waals surface area contributed by atoms with E-state index >= 15 is 0 Å². The second-order valence-electron chi connectivity index (χ2n) is 4.73. The highest BCUT2D eigenvalue weighted by Gasteiger charge is 2.57. The van der Waals surface area contributed by atoms with Gasteiger partial charge in [-0.15, -0.1) is 0 Å². The number of hydroxylamine groups is 2. The molecule has 7 nitrogen and oxygen atoms in total. The Morgan fingerprint density at radius 1 is 0.818 bits per heavy atom. The molecule has 0 saturated carbocycles. The van der Waals surface area contributed by atoms with Gasteiger partial charge in [0.1, 0.15) is 11.1 Å². The summed E-state index contributed by atoms with van der Waals surface area (Å²) in [4.78, 5) is 24.2. The summed E-state index contributed by atoms with van der Waals surface area (Å²) >= 11 is 0. The molecule has 0 unspecified atom stereocenters. The number of fused-ring (bicyclic) bond motifs is 1. The maximum atomic E-state index is 12.4. The molecule has 0 saturated heterocycles. The maximum absolute atomic E-state index is 12.4. The van der Waals surface area contributed by atoms with Crippen molar-refractivity contribution in [3.05, 3.63) is 59.7 Å². The Bertz CT molecular complexity index is 883. The molecule has 2 aromatic carbocycles. The molecule has 2 N–H and O–H groups in total. The molecule has 0 aliphatic carbocycles. The van der Waals surface area contributed by atoms with Gasteiger partial charge in [-0.25, -0.2) is 9.59 Å². The van der Waals surface area contributed by atoms with Gasteiger partial charge in [0.25, 0.3) is 0 Å². The van der Waals surface area contributed by atoms with E-state index in [1.54, 1.807) is 0 Å². The van der Waals surface area contributed by atoms with Crippen LogP contribution in [-0.2, 0) is 10.1 Å². The number of benzene rings is 2. The summed E-state index contributed by atoms with van der Waals surface area (Å²) in [5.41, 5.74) is -0.545. The molecular weight excluding hydrogens is 310 g/mol. The molecule has 0 aromatic heterocycles. The second-order valence-corrected chi connectivity index (χ2v) is 6.12. The zero-order valence-corrected chi connectivity index (χ0v) is 11.8. The van der Waals surface area contributed by atoms with Crippen molar-refractivity contribution in [1.82, 2.24) is 4.65 Å². The van der Waals surface area contributed by atoms with Gasteiger partial charge in [-0.2, -0.15) is 13.6 Å². The lowest BCUT2D eigenvalue weighted by Gasteiger charge is -2.20. The van der Waals surface area contributed by atoms with E-state index in [1.807, 2.05) is 0 Å². The average molecular weight is 320 g/mol. The number of para-hydroxylation sites is 1. The topological polar surface area (TPSA) is 109 Å². The number of amides is 2. The van der Waals surface area contributed by atoms with Gasteiger partial charge in [0.2, 0.25) is 5.69 Å². The van der Waals surface area contributed by atoms with Crippen LogP contribution in [-0.4, -0.2) is 30.0 Å². The molecule has 3 rings (SSSR count). The van der Waals surface area contributed by atoms with Crippen molar-refractivity contribution in [3.63, 3.8) is 0 Å². The van der Waals surface area contributed by atoms with E-state index in [1.165, 1.54) is 36.4 Å². The predicted molar refractivity (Wildman–Crippen MR) is 74.9 cm³/mol. The summed E-state index contributed by atoms with van der Waals surface area (Å²) < 4.78 is 30.3. The number of carbonyl (C=O) groups is 2. The summed E-state index contributed by atoms with van der Waals surface area (Å²) in [6, 6.07) is 10.5. The van der Waals surface area contributed by atoms with Crippen LogP contribution in [0, 0.1) is 0 Å². The Hall–Kier alpha value is -2.39. The van der Waals surface area contributed by atoms with E-state index in [9.17, 15) is 27.8 Å². The first kappa shape index (κ1) is 14.5. The monoisotopic (exact) mass is 320 g/mol. The van der Waals surface area contributed by atoms with E-state index in [0.717, 1.165) is 12.1 Å². The van der Waals surface area contributed by atoms with Gasteiger partial charge < -0.3 is 0 Å². The molecule has 0 bridgehead atoms. The maximum Gasteiger partial charge on any atom is 0.392 e. The molecule has 0 spiro atoms. The largest absolute Gasteiger partial charge is 0.392 e. The van der Waals surface area contributed by atoms with Gasteiger partial charge in [0.05, 0.1) is 0 Å². The van der Waals surface area contributed by atoms with E-state index in [4.69, 9.17) is 0 Å². The molecule has 1 heterocycles. The Labute approximate surface area is 125 Å². The molecular formula is C14H10NO6S+. The van der Waals surface area contributed by atoms with Crippen molar-refractivity contribution in [2.75, 3.05) is 0 Å². The van der Waals surface area contributed by atoms with Gasteiger partial charge in [-0.1, -0.05) is 24.3 Å². The molecule has 22 heavy (non-hydrogen) atoms. The van der Waals surface area contributed by atoms with Gasteiger partial charge in [-0.3, -0.25) is 4.55 Å². The molecule has 112 valence electrons. The number of rotatable bonds is 2. The van der Waals surface area contributed by atoms with Crippen LogP contribution in [0.25, 0.3) is 0 Å². The van der Waals surface area contributed by atoms with Gasteiger partial charge in [-0.05, 0) is 22.8 Å². The van der Waals surface area contributed by atoms with Crippen molar-refractivity contribution >= 4 is 27.6 Å². The Balaban J connectivity index is 2.31. The molecule has 1 aliphatic rings. The first-order valence-electron chi connectivity index (χ1n) is 6.15. The van der Waals surface area contributed by atoms with Gasteiger partial charge in [0, 0.05) is 6.07 Å². The van der Waals surface area contributed by atoms with E-state index in [-0.39, 0.29) is 11.1 Å². The average Bonchev–Trinajstić information content (AvgIpc) is 2.70. The van der Waals surface area contributed by atoms with Gasteiger partial charge >= 0.3 is 21.9 Å². The third-order valence-electron chi connectivity index (χ3n) is 3.47. The molecule has 0 atom stereocenters. The summed E-state index contributed by atoms with van der Waals surface area (Å²) in [5, 5.41) is 10.6. The van der Waals surface area contributed by atoms with E-state index in [0.29, 0.717) is 0 Å². The van der Waals surface area contributed by atoms with Crippen molar-refractivity contribution < 1.29 is 27.8 Å². The Kier molecular flexibility index (Phi) is 3.01. The SMILES string of the molecule is O=C1c2ccccc2C(=O)[N+]1(O)c1ccccc1S(=O)(=O)O. The van der Waals surface area contributed by atoms with Crippen molar-refractivity contribution in [3.8, 4) is 0 Å². The number of quaternary nitrogens is 1. The minimum Gasteiger partial charge on any atom is -0.282 e. The van der Waals surface area contributed by atoms with Crippen molar-refractivity contribution in [1.29, 1.82) is 0 Å². The van der Waals surface area contributed by atoms with Crippen molar-refractivity contribution in [2.24, 2.45) is 0 Å². The zero-order chi connectivity index (χ0) is 16.1. The third kappa shape index (κ3) is 1.82. The number of nitrogens with zero attached hydrogens (tertiary/aromatic N) is 1. The highest BCUT2D eigenvalue weighted by molar-refractivity contribution is 7.86. The minimum atomic E-state index is -4.72. The van der Waals surface area contributed by atoms with Gasteiger partial charge in [0.15, 0.2) is 4.90 Å². The quantitative estimate of drug-likeness (QED) is 0.377. The fourth-order valence-corrected chi connectivity index (χ4v) is 3.17. The number of imide groups is 1. The van der Waals surface area contributed by atoms with Crippen LogP contribution >= 0.6 is 0 Å². The molecule has 2 amide bonds. The highest BCUT2D eigenvalue weighted by Crippen LogP contribution is 2.37. The third-order valence-corrected chi connectivity index (χ3v) is 4.37. The number of carbonyl (C=O) groups excluding carboxylic acids is 2. The first-order chi connectivity index (χ1) is 10.3. The van der Waals surface area contributed by atoms with Crippen LogP contribution in [0.2, 0.25) is 0 Å². The normalized spacial score (nSPS) is 16.6. The predicted octanol–water partition coefficient (Wildman–Crippen LogP) is 1.62. The second kappa shape index (κ2) is 4.55. The Morgan fingerprint density at radius 2 is 1.27 bits per heavy atom. The van der Waals surface area contributed by atoms with Crippen LogP contribution in [0.4, 0.5) is 5.69 Å². The van der Waals surface area contributed by atoms with Crippen LogP contribution in [0.15, 0.2) is 53.4 Å². The van der Waals surface area contributed by atoms with E-state index in [2.05, 4.69) is 0 Å². The lowest BCUT2D eigenvalue weighted by molar-refractivity contribution is -0.0290. The summed E-state index contributed by atoms with van der Waals surface area (Å²) in [5.74, 6) is -1.95. The summed E-state index contributed by atoms with van der Waals surface area (Å²) in [7, 11) is -4.72. The van der Waals surface area contributed by atoms with Crippen molar-refractivity contribution in [2.45, 2.75) is 4.90 Å². The summed E-state index contributed by atoms with van der Waals surface area (Å²) in [6.07, 6.45) is 0. The van der Waals surface area contributed by atoms with Crippen LogP contribution in [0.3, 0.4) is 0 Å². The standard InChI is InChI=1S/C14H9NO6S/c16-13-9-5-1-2-6-10(9)14(17)15(13,18)11-7-3-4-8-12(11)22(19,20)21/h1-8,18H/p+1. The molecule has 2 aromatic rings. The van der Waals surface area contributed by atoms with Crippen LogP contribution in [0.5, 0.6) is 0 Å². The smallest absolute Gasteiger partial charge is 0.282 e. The molecule has 0 radical (unpaired) electrons. The highest BCUT2D eigenvalue weighted by atomic mass is 32.2. The fraction of sp³-hybridized carbons (Fsp3) is 0. The first-order valence-corrected chi connectivity index (χ1v) is 7.59. The number of hydrogen-bond acceptors (Lipinski definition) is 5. The molecule has 1 aliphatic heterocycles. The lowest BCUT2D eigenvalue weighted by Crippen LogP contribution is -2.51. The summed E-state index contributed by atoms with van der Waals surface area (Å²) in [6.45, 7) is 0. The fourth-order valence-electron chi connectivity index (χ4n) is 2.46. The zero-order valence-electron chi connectivity index (χ0n) is 11.0. The Morgan fingerprint density at radius 3 is 1.77 bits per heavy atom.